The highest BCUT2D eigenvalue weighted by Gasteiger charge is 2.31. The molecule has 224 valence electrons. The quantitative estimate of drug-likeness (QED) is 0.250. The number of halogens is 3. The van der Waals surface area contributed by atoms with Gasteiger partial charge in [-0.25, -0.2) is 14.9 Å². The molecule has 0 unspecified atom stereocenters. The number of aromatic amines is 1. The fraction of sp³-hybridized carbons (Fsp3) is 0.194. The fourth-order valence-corrected chi connectivity index (χ4v) is 6.15. The van der Waals surface area contributed by atoms with Crippen molar-refractivity contribution in [1.29, 1.82) is 0 Å². The molecule has 0 spiro atoms. The summed E-state index contributed by atoms with van der Waals surface area (Å²) in [7, 11) is 0. The van der Waals surface area contributed by atoms with E-state index in [0.29, 0.717) is 48.2 Å². The topological polar surface area (TPSA) is 113 Å². The van der Waals surface area contributed by atoms with Crippen molar-refractivity contribution in [2.24, 2.45) is 0 Å². The van der Waals surface area contributed by atoms with Crippen LogP contribution < -0.4 is 11.1 Å². The normalized spacial score (nSPS) is 14.0. The van der Waals surface area contributed by atoms with Gasteiger partial charge in [-0.05, 0) is 42.2 Å². The summed E-state index contributed by atoms with van der Waals surface area (Å²) in [6, 6.07) is 20.6. The Morgan fingerprint density at radius 3 is 2.30 bits per heavy atom. The van der Waals surface area contributed by atoms with Crippen molar-refractivity contribution in [1.82, 2.24) is 24.8 Å². The lowest BCUT2D eigenvalue weighted by Crippen LogP contribution is -2.38. The Morgan fingerprint density at radius 1 is 0.909 bits per heavy atom. The van der Waals surface area contributed by atoms with Crippen LogP contribution in [0.4, 0.5) is 13.2 Å². The number of benzene rings is 3. The van der Waals surface area contributed by atoms with Crippen LogP contribution in [0, 0.1) is 0 Å². The van der Waals surface area contributed by atoms with Gasteiger partial charge in [-0.15, -0.1) is 11.3 Å². The summed E-state index contributed by atoms with van der Waals surface area (Å²) in [6.45, 7) is 0.910. The number of H-pyrrole nitrogens is 1. The minimum Gasteiger partial charge on any atom is -0.339 e. The Morgan fingerprint density at radius 2 is 1.59 bits per heavy atom. The van der Waals surface area contributed by atoms with Crippen molar-refractivity contribution in [2.75, 3.05) is 18.5 Å². The number of piperidine rings is 1. The largest absolute Gasteiger partial charge is 0.416 e. The van der Waals surface area contributed by atoms with Crippen LogP contribution in [-0.4, -0.2) is 49.7 Å². The van der Waals surface area contributed by atoms with Gasteiger partial charge in [0.1, 0.15) is 5.69 Å². The molecule has 6 rings (SSSR count). The first-order valence-electron chi connectivity index (χ1n) is 13.7. The van der Waals surface area contributed by atoms with E-state index < -0.39 is 23.3 Å². The molecule has 1 fully saturated rings. The number of carbonyl (C=O) groups excluding carboxylic acids is 2. The minimum absolute atomic E-state index is 0.0345. The second-order valence-electron chi connectivity index (χ2n) is 10.3. The molecule has 9 nitrogen and oxygen atoms in total. The lowest BCUT2D eigenvalue weighted by Gasteiger charge is -2.31. The maximum atomic E-state index is 13.5. The van der Waals surface area contributed by atoms with Gasteiger partial charge < -0.3 is 4.90 Å². The molecule has 1 aliphatic rings. The van der Waals surface area contributed by atoms with Crippen LogP contribution in [0.15, 0.2) is 89.0 Å². The van der Waals surface area contributed by atoms with E-state index in [4.69, 9.17) is 0 Å². The number of aromatic nitrogens is 4. The van der Waals surface area contributed by atoms with Crippen molar-refractivity contribution >= 4 is 23.2 Å². The van der Waals surface area contributed by atoms with Crippen LogP contribution in [-0.2, 0) is 6.18 Å². The Bertz CT molecular complexity index is 1860. The fourth-order valence-electron chi connectivity index (χ4n) is 5.18. The molecule has 1 saturated heterocycles. The lowest BCUT2D eigenvalue weighted by molar-refractivity contribution is -0.137. The monoisotopic (exact) mass is 618 g/mol. The molecule has 2 amide bonds. The van der Waals surface area contributed by atoms with Crippen molar-refractivity contribution in [3.8, 4) is 22.5 Å². The number of alkyl halides is 3. The number of nitrogens with zero attached hydrogens (tertiary/aromatic N) is 4. The standard InChI is InChI=1S/C31H25F3N6O3S/c32-31(33,34)22-12-10-19(11-13-22)23-8-4-5-9-24(23)29(42)39-16-14-21(15-17-39)28-35-25(18-44-28)27(41)38-40-26(36-37-30(40)43)20-6-2-1-3-7-20/h1-13,18,21H,14-17H2,(H,37,43)(H,38,41). The Hall–Kier alpha value is -5.04. The van der Waals surface area contributed by atoms with Gasteiger partial charge in [0.2, 0.25) is 0 Å². The third-order valence-corrected chi connectivity index (χ3v) is 8.49. The first-order valence-corrected chi connectivity index (χ1v) is 14.6. The van der Waals surface area contributed by atoms with E-state index in [0.717, 1.165) is 21.8 Å². The van der Waals surface area contributed by atoms with Gasteiger partial charge in [0, 0.05) is 35.5 Å². The summed E-state index contributed by atoms with van der Waals surface area (Å²) in [5.74, 6) is -0.456. The summed E-state index contributed by atoms with van der Waals surface area (Å²) >= 11 is 1.34. The van der Waals surface area contributed by atoms with E-state index in [1.165, 1.54) is 23.5 Å². The molecule has 1 aliphatic heterocycles. The Kier molecular flexibility index (Phi) is 7.87. The SMILES string of the molecule is O=C(Nn1c(-c2ccccc2)n[nH]c1=O)c1csc(C2CCN(C(=O)c3ccccc3-c3ccc(C(F)(F)F)cc3)CC2)n1. The van der Waals surface area contributed by atoms with Crippen LogP contribution in [0.2, 0.25) is 0 Å². The third-order valence-electron chi connectivity index (χ3n) is 7.48. The number of carbonyl (C=O) groups is 2. The highest BCUT2D eigenvalue weighted by Crippen LogP contribution is 2.34. The van der Waals surface area contributed by atoms with Crippen LogP contribution in [0.5, 0.6) is 0 Å². The smallest absolute Gasteiger partial charge is 0.339 e. The number of amides is 2. The first kappa shape index (κ1) is 29.1. The molecule has 0 bridgehead atoms. The summed E-state index contributed by atoms with van der Waals surface area (Å²) in [5.41, 5.74) is 3.55. The van der Waals surface area contributed by atoms with Crippen molar-refractivity contribution in [3.63, 3.8) is 0 Å². The number of thiazole rings is 1. The molecule has 13 heteroatoms. The van der Waals surface area contributed by atoms with Crippen LogP contribution in [0.3, 0.4) is 0 Å². The zero-order valence-corrected chi connectivity index (χ0v) is 23.9. The molecule has 2 N–H and O–H groups in total. The molecule has 0 radical (unpaired) electrons. The van der Waals surface area contributed by atoms with Crippen LogP contribution >= 0.6 is 11.3 Å². The molecule has 2 aromatic heterocycles. The predicted octanol–water partition coefficient (Wildman–Crippen LogP) is 5.78. The molecule has 5 aromatic rings. The molecular formula is C31H25F3N6O3S. The highest BCUT2D eigenvalue weighted by atomic mass is 32.1. The minimum atomic E-state index is -4.44. The van der Waals surface area contributed by atoms with Gasteiger partial charge in [-0.2, -0.15) is 22.9 Å². The average Bonchev–Trinajstić information content (AvgIpc) is 3.68. The van der Waals surface area contributed by atoms with Gasteiger partial charge in [0.05, 0.1) is 10.6 Å². The molecule has 3 aromatic carbocycles. The summed E-state index contributed by atoms with van der Waals surface area (Å²) in [5, 5.41) is 8.75. The van der Waals surface area contributed by atoms with E-state index in [9.17, 15) is 27.6 Å². The Labute approximate surface area is 253 Å². The van der Waals surface area contributed by atoms with Crippen LogP contribution in [0.1, 0.15) is 50.2 Å². The number of likely N-dealkylation sites (tertiary alicyclic amines) is 1. The van der Waals surface area contributed by atoms with Gasteiger partial charge >= 0.3 is 11.9 Å². The van der Waals surface area contributed by atoms with Crippen LogP contribution in [0.25, 0.3) is 22.5 Å². The van der Waals surface area contributed by atoms with E-state index >= 15 is 0 Å². The Balaban J connectivity index is 1.11. The van der Waals surface area contributed by atoms with Gasteiger partial charge in [-0.3, -0.25) is 15.0 Å². The maximum absolute atomic E-state index is 13.5. The average molecular weight is 619 g/mol. The van der Waals surface area contributed by atoms with Gasteiger partial charge in [0.25, 0.3) is 11.8 Å². The molecule has 0 aliphatic carbocycles. The predicted molar refractivity (Wildman–Crippen MR) is 159 cm³/mol. The maximum Gasteiger partial charge on any atom is 0.416 e. The van der Waals surface area contributed by atoms with Crippen molar-refractivity contribution in [2.45, 2.75) is 24.9 Å². The summed E-state index contributed by atoms with van der Waals surface area (Å²) < 4.78 is 40.1. The number of nitrogens with one attached hydrogen (secondary N) is 2. The molecule has 44 heavy (non-hydrogen) atoms. The third kappa shape index (κ3) is 5.91. The van der Waals surface area contributed by atoms with E-state index in [1.54, 1.807) is 58.8 Å². The number of hydrogen-bond acceptors (Lipinski definition) is 6. The molecular weight excluding hydrogens is 593 g/mol. The lowest BCUT2D eigenvalue weighted by atomic mass is 9.94. The van der Waals surface area contributed by atoms with Crippen molar-refractivity contribution in [3.05, 3.63) is 117 Å². The number of rotatable bonds is 6. The second-order valence-corrected chi connectivity index (χ2v) is 11.1. The van der Waals surface area contributed by atoms with E-state index in [-0.39, 0.29) is 23.3 Å². The summed E-state index contributed by atoms with van der Waals surface area (Å²) in [4.78, 5) is 45.1. The highest BCUT2D eigenvalue weighted by molar-refractivity contribution is 7.10. The van der Waals surface area contributed by atoms with Crippen molar-refractivity contribution < 1.29 is 22.8 Å². The second kappa shape index (κ2) is 11.9. The van der Waals surface area contributed by atoms with Gasteiger partial charge in [-0.1, -0.05) is 60.7 Å². The number of hydrogen-bond donors (Lipinski definition) is 2. The van der Waals surface area contributed by atoms with Gasteiger partial charge in [0.15, 0.2) is 5.82 Å². The first-order chi connectivity index (χ1) is 21.2. The molecule has 0 atom stereocenters. The zero-order valence-electron chi connectivity index (χ0n) is 23.0. The zero-order chi connectivity index (χ0) is 30.8. The molecule has 3 heterocycles. The molecule has 0 saturated carbocycles. The summed E-state index contributed by atoms with van der Waals surface area (Å²) in [6.07, 6.45) is -3.18. The van der Waals surface area contributed by atoms with E-state index in [2.05, 4.69) is 20.6 Å². The van der Waals surface area contributed by atoms with E-state index in [1.807, 2.05) is 6.07 Å².